The first kappa shape index (κ1) is 12.3. The van der Waals surface area contributed by atoms with Crippen LogP contribution in [0.4, 0.5) is 11.7 Å². The highest BCUT2D eigenvalue weighted by atomic mass is 79.9. The number of nitrogens with zero attached hydrogens (tertiary/aromatic N) is 2. The summed E-state index contributed by atoms with van der Waals surface area (Å²) in [4.78, 5) is 0. The molecule has 1 aromatic carbocycles. The number of hydrogen-bond donors (Lipinski definition) is 2. The van der Waals surface area contributed by atoms with E-state index in [1.54, 1.807) is 13.0 Å². The van der Waals surface area contributed by atoms with Crippen molar-refractivity contribution >= 4 is 39.2 Å². The predicted molar refractivity (Wildman–Crippen MR) is 69.3 cm³/mol. The first-order valence-electron chi connectivity index (χ1n) is 4.87. The van der Waals surface area contributed by atoms with Crippen LogP contribution in [0, 0.1) is 0 Å². The Morgan fingerprint density at radius 1 is 1.47 bits per heavy atom. The second-order valence-corrected chi connectivity index (χ2v) is 4.81. The quantitative estimate of drug-likeness (QED) is 0.908. The van der Waals surface area contributed by atoms with Gasteiger partial charge in [-0.25, -0.2) is 0 Å². The molecular weight excluding hydrogens is 307 g/mol. The maximum atomic E-state index is 6.02. The molecule has 1 atom stereocenters. The van der Waals surface area contributed by atoms with E-state index in [0.29, 0.717) is 16.6 Å². The molecule has 5 nitrogen and oxygen atoms in total. The average Bonchev–Trinajstić information content (AvgIpc) is 2.72. The van der Waals surface area contributed by atoms with E-state index in [4.69, 9.17) is 21.8 Å². The van der Waals surface area contributed by atoms with Gasteiger partial charge in [-0.3, -0.25) is 0 Å². The molecule has 0 amide bonds. The third-order valence-electron chi connectivity index (χ3n) is 2.00. The lowest BCUT2D eigenvalue weighted by Gasteiger charge is -2.04. The second-order valence-electron chi connectivity index (χ2n) is 3.48. The molecular formula is C10H10BrClN4O. The van der Waals surface area contributed by atoms with Gasteiger partial charge in [0, 0.05) is 4.47 Å². The molecule has 3 N–H and O–H groups in total. The normalized spacial score (nSPS) is 12.5. The summed E-state index contributed by atoms with van der Waals surface area (Å²) in [6, 6.07) is 5.39. The van der Waals surface area contributed by atoms with Crippen LogP contribution in [0.3, 0.4) is 0 Å². The lowest BCUT2D eigenvalue weighted by atomic mass is 10.3. The molecule has 0 aliphatic heterocycles. The average molecular weight is 318 g/mol. The monoisotopic (exact) mass is 316 g/mol. The number of aromatic nitrogens is 2. The first-order valence-corrected chi connectivity index (χ1v) is 6.04. The number of nitrogens with one attached hydrogen (secondary N) is 1. The summed E-state index contributed by atoms with van der Waals surface area (Å²) in [6.07, 6.45) is 0. The van der Waals surface area contributed by atoms with E-state index >= 15 is 0 Å². The standard InChI is InChI=1S/C10H10BrClN4O/c1-5(13)9-15-16-10(17-9)14-8-4-6(11)2-3-7(8)12/h2-5H,13H2,1H3,(H,14,16). The fraction of sp³-hybridized carbons (Fsp3) is 0.200. The summed E-state index contributed by atoms with van der Waals surface area (Å²) < 4.78 is 6.21. The summed E-state index contributed by atoms with van der Waals surface area (Å²) in [5, 5.41) is 11.1. The van der Waals surface area contributed by atoms with Gasteiger partial charge in [0.25, 0.3) is 0 Å². The van der Waals surface area contributed by atoms with Gasteiger partial charge in [-0.05, 0) is 25.1 Å². The number of halogens is 2. The van der Waals surface area contributed by atoms with E-state index in [0.717, 1.165) is 4.47 Å². The smallest absolute Gasteiger partial charge is 0.320 e. The third kappa shape index (κ3) is 2.96. The molecule has 17 heavy (non-hydrogen) atoms. The second kappa shape index (κ2) is 5.03. The predicted octanol–water partition coefficient (Wildman–Crippen LogP) is 3.25. The Labute approximate surface area is 111 Å². The molecule has 90 valence electrons. The van der Waals surface area contributed by atoms with Gasteiger partial charge in [-0.15, -0.1) is 5.10 Å². The van der Waals surface area contributed by atoms with Crippen LogP contribution in [-0.2, 0) is 0 Å². The fourth-order valence-electron chi connectivity index (χ4n) is 1.18. The molecule has 0 saturated heterocycles. The van der Waals surface area contributed by atoms with E-state index in [1.807, 2.05) is 12.1 Å². The number of anilines is 2. The molecule has 2 aromatic rings. The highest BCUT2D eigenvalue weighted by Gasteiger charge is 2.11. The zero-order valence-corrected chi connectivity index (χ0v) is 11.3. The van der Waals surface area contributed by atoms with Crippen molar-refractivity contribution in [3.8, 4) is 0 Å². The van der Waals surface area contributed by atoms with Crippen LogP contribution >= 0.6 is 27.5 Å². The summed E-state index contributed by atoms with van der Waals surface area (Å²) in [5.41, 5.74) is 6.30. The molecule has 0 fully saturated rings. The van der Waals surface area contributed by atoms with Gasteiger partial charge in [0.1, 0.15) is 0 Å². The van der Waals surface area contributed by atoms with Crippen LogP contribution in [0.15, 0.2) is 27.1 Å². The van der Waals surface area contributed by atoms with Crippen LogP contribution in [0.1, 0.15) is 18.9 Å². The van der Waals surface area contributed by atoms with Gasteiger partial charge in [0.2, 0.25) is 5.89 Å². The number of hydrogen-bond acceptors (Lipinski definition) is 5. The minimum atomic E-state index is -0.295. The minimum Gasteiger partial charge on any atom is -0.406 e. The maximum Gasteiger partial charge on any atom is 0.320 e. The van der Waals surface area contributed by atoms with Crippen LogP contribution in [0.25, 0.3) is 0 Å². The summed E-state index contributed by atoms with van der Waals surface area (Å²) in [7, 11) is 0. The Hall–Kier alpha value is -1.11. The summed E-state index contributed by atoms with van der Waals surface area (Å²) >= 11 is 9.37. The zero-order valence-electron chi connectivity index (χ0n) is 8.95. The molecule has 7 heteroatoms. The van der Waals surface area contributed by atoms with E-state index < -0.39 is 0 Å². The van der Waals surface area contributed by atoms with Crippen molar-refractivity contribution in [3.63, 3.8) is 0 Å². The van der Waals surface area contributed by atoms with Crippen molar-refractivity contribution in [2.24, 2.45) is 5.73 Å². The third-order valence-corrected chi connectivity index (χ3v) is 2.82. The molecule has 0 saturated carbocycles. The topological polar surface area (TPSA) is 77.0 Å². The summed E-state index contributed by atoms with van der Waals surface area (Å²) in [5.74, 6) is 0.374. The molecule has 2 rings (SSSR count). The van der Waals surface area contributed by atoms with E-state index in [9.17, 15) is 0 Å². The lowest BCUT2D eigenvalue weighted by Crippen LogP contribution is -2.04. The molecule has 0 spiro atoms. The van der Waals surface area contributed by atoms with Gasteiger partial charge in [0.05, 0.1) is 16.8 Å². The molecule has 1 unspecified atom stereocenters. The zero-order chi connectivity index (χ0) is 12.4. The Morgan fingerprint density at radius 2 is 2.24 bits per heavy atom. The Kier molecular flexibility index (Phi) is 3.66. The molecule has 0 radical (unpaired) electrons. The molecule has 1 heterocycles. The molecule has 1 aromatic heterocycles. The molecule has 0 aliphatic rings. The highest BCUT2D eigenvalue weighted by Crippen LogP contribution is 2.28. The lowest BCUT2D eigenvalue weighted by molar-refractivity contribution is 0.475. The van der Waals surface area contributed by atoms with Crippen LogP contribution in [-0.4, -0.2) is 10.2 Å². The van der Waals surface area contributed by atoms with Crippen molar-refractivity contribution in [2.45, 2.75) is 13.0 Å². The van der Waals surface area contributed by atoms with Crippen LogP contribution in [0.2, 0.25) is 5.02 Å². The SMILES string of the molecule is CC(N)c1nnc(Nc2cc(Br)ccc2Cl)o1. The van der Waals surface area contributed by atoms with Gasteiger partial charge in [-0.1, -0.05) is 32.6 Å². The van der Waals surface area contributed by atoms with Crippen LogP contribution < -0.4 is 11.1 Å². The van der Waals surface area contributed by atoms with Crippen molar-refractivity contribution in [2.75, 3.05) is 5.32 Å². The van der Waals surface area contributed by atoms with E-state index in [2.05, 4.69) is 31.4 Å². The largest absolute Gasteiger partial charge is 0.406 e. The molecule has 0 bridgehead atoms. The Morgan fingerprint density at radius 3 is 2.88 bits per heavy atom. The van der Waals surface area contributed by atoms with Crippen LogP contribution in [0.5, 0.6) is 0 Å². The van der Waals surface area contributed by atoms with Gasteiger partial charge in [0.15, 0.2) is 0 Å². The van der Waals surface area contributed by atoms with Gasteiger partial charge in [-0.2, -0.15) is 0 Å². The Bertz CT molecular complexity index is 529. The van der Waals surface area contributed by atoms with Crippen molar-refractivity contribution in [1.29, 1.82) is 0 Å². The summed E-state index contributed by atoms with van der Waals surface area (Å²) in [6.45, 7) is 1.77. The molecule has 0 aliphatic carbocycles. The number of rotatable bonds is 3. The van der Waals surface area contributed by atoms with Gasteiger partial charge < -0.3 is 15.5 Å². The van der Waals surface area contributed by atoms with Crippen molar-refractivity contribution in [3.05, 3.63) is 33.6 Å². The Balaban J connectivity index is 2.22. The highest BCUT2D eigenvalue weighted by molar-refractivity contribution is 9.10. The van der Waals surface area contributed by atoms with E-state index in [-0.39, 0.29) is 12.1 Å². The first-order chi connectivity index (χ1) is 8.06. The minimum absolute atomic E-state index is 0.261. The van der Waals surface area contributed by atoms with Gasteiger partial charge >= 0.3 is 6.01 Å². The number of nitrogens with two attached hydrogens (primary N) is 1. The maximum absolute atomic E-state index is 6.02. The number of benzene rings is 1. The van der Waals surface area contributed by atoms with E-state index in [1.165, 1.54) is 0 Å². The van der Waals surface area contributed by atoms with Crippen molar-refractivity contribution < 1.29 is 4.42 Å². The fourth-order valence-corrected chi connectivity index (χ4v) is 1.70. The van der Waals surface area contributed by atoms with Crippen molar-refractivity contribution in [1.82, 2.24) is 10.2 Å².